The number of benzene rings is 1. The van der Waals surface area contributed by atoms with Crippen molar-refractivity contribution in [1.82, 2.24) is 9.80 Å². The van der Waals surface area contributed by atoms with Crippen LogP contribution in [-0.2, 0) is 9.59 Å². The van der Waals surface area contributed by atoms with Gasteiger partial charge in [-0.3, -0.25) is 14.5 Å². The van der Waals surface area contributed by atoms with E-state index in [1.54, 1.807) is 16.8 Å². The van der Waals surface area contributed by atoms with Gasteiger partial charge in [-0.05, 0) is 56.5 Å². The second-order valence-corrected chi connectivity index (χ2v) is 6.45. The van der Waals surface area contributed by atoms with Gasteiger partial charge in [0.05, 0.1) is 13.1 Å². The first-order valence-electron chi connectivity index (χ1n) is 8.28. The number of hydrogen-bond acceptors (Lipinski definition) is 4. The molecule has 0 aromatic heterocycles. The first kappa shape index (κ1) is 18.3. The molecular formula is C18H26N2O4. The van der Waals surface area contributed by atoms with Crippen LogP contribution in [0, 0.1) is 13.8 Å². The highest BCUT2D eigenvalue weighted by Gasteiger charge is 2.32. The van der Waals surface area contributed by atoms with Crippen LogP contribution in [0.5, 0.6) is 5.75 Å². The predicted molar refractivity (Wildman–Crippen MR) is 91.3 cm³/mol. The molecule has 0 bridgehead atoms. The smallest absolute Gasteiger partial charge is 0.320 e. The molecule has 1 aromatic rings. The number of ether oxygens (including phenoxy) is 1. The Morgan fingerprint density at radius 2 is 1.96 bits per heavy atom. The summed E-state index contributed by atoms with van der Waals surface area (Å²) in [4.78, 5) is 26.8. The Balaban J connectivity index is 1.78. The van der Waals surface area contributed by atoms with E-state index in [0.29, 0.717) is 26.1 Å². The van der Waals surface area contributed by atoms with Crippen LogP contribution in [0.25, 0.3) is 0 Å². The van der Waals surface area contributed by atoms with E-state index >= 15 is 0 Å². The minimum absolute atomic E-state index is 0.0767. The SMILES string of the molecule is Cc1cc(C)cc(OCCN(C)C(=O)CN2CCCC2C(=O)O)c1. The molecule has 1 aromatic carbocycles. The molecule has 1 saturated heterocycles. The molecule has 0 saturated carbocycles. The summed E-state index contributed by atoms with van der Waals surface area (Å²) >= 11 is 0. The van der Waals surface area contributed by atoms with Crippen molar-refractivity contribution in [2.24, 2.45) is 0 Å². The van der Waals surface area contributed by atoms with Gasteiger partial charge in [-0.25, -0.2) is 0 Å². The Labute approximate surface area is 143 Å². The van der Waals surface area contributed by atoms with Gasteiger partial charge in [-0.2, -0.15) is 0 Å². The van der Waals surface area contributed by atoms with Gasteiger partial charge in [0, 0.05) is 7.05 Å². The zero-order valence-corrected chi connectivity index (χ0v) is 14.6. The zero-order chi connectivity index (χ0) is 17.7. The molecule has 1 fully saturated rings. The maximum atomic E-state index is 12.3. The quantitative estimate of drug-likeness (QED) is 0.822. The second-order valence-electron chi connectivity index (χ2n) is 6.45. The molecule has 6 nitrogen and oxygen atoms in total. The van der Waals surface area contributed by atoms with Gasteiger partial charge >= 0.3 is 5.97 Å². The number of carbonyl (C=O) groups is 2. The minimum Gasteiger partial charge on any atom is -0.492 e. The lowest BCUT2D eigenvalue weighted by molar-refractivity contribution is -0.143. The van der Waals surface area contributed by atoms with E-state index in [4.69, 9.17) is 9.84 Å². The monoisotopic (exact) mass is 334 g/mol. The number of carbonyl (C=O) groups excluding carboxylic acids is 1. The summed E-state index contributed by atoms with van der Waals surface area (Å²) in [5.74, 6) is -0.118. The standard InChI is InChI=1S/C18H26N2O4/c1-13-9-14(2)11-15(10-13)24-8-7-19(3)17(21)12-20-6-4-5-16(20)18(22)23/h9-11,16H,4-8,12H2,1-3H3,(H,22,23). The van der Waals surface area contributed by atoms with E-state index in [0.717, 1.165) is 23.3 Å². The average Bonchev–Trinajstić information content (AvgIpc) is 2.94. The van der Waals surface area contributed by atoms with Crippen LogP contribution in [-0.4, -0.2) is 66.1 Å². The van der Waals surface area contributed by atoms with Crippen molar-refractivity contribution in [2.45, 2.75) is 32.7 Å². The van der Waals surface area contributed by atoms with E-state index < -0.39 is 12.0 Å². The number of carboxylic acids is 1. The summed E-state index contributed by atoms with van der Waals surface area (Å²) in [6.07, 6.45) is 1.44. The summed E-state index contributed by atoms with van der Waals surface area (Å²) in [7, 11) is 1.72. The van der Waals surface area contributed by atoms with Crippen molar-refractivity contribution < 1.29 is 19.4 Å². The number of likely N-dealkylation sites (N-methyl/N-ethyl adjacent to an activating group) is 1. The van der Waals surface area contributed by atoms with Crippen molar-refractivity contribution >= 4 is 11.9 Å². The van der Waals surface area contributed by atoms with Gasteiger partial charge in [-0.15, -0.1) is 0 Å². The highest BCUT2D eigenvalue weighted by Crippen LogP contribution is 2.18. The predicted octanol–water partition coefficient (Wildman–Crippen LogP) is 1.69. The van der Waals surface area contributed by atoms with Crippen molar-refractivity contribution in [3.63, 3.8) is 0 Å². The van der Waals surface area contributed by atoms with Crippen LogP contribution in [0.15, 0.2) is 18.2 Å². The highest BCUT2D eigenvalue weighted by molar-refractivity contribution is 5.80. The molecule has 1 atom stereocenters. The van der Waals surface area contributed by atoms with E-state index in [-0.39, 0.29) is 12.5 Å². The molecule has 1 unspecified atom stereocenters. The lowest BCUT2D eigenvalue weighted by Gasteiger charge is -2.24. The van der Waals surface area contributed by atoms with E-state index in [1.165, 1.54) is 0 Å². The van der Waals surface area contributed by atoms with Gasteiger partial charge in [0.25, 0.3) is 0 Å². The number of amides is 1. The first-order valence-corrected chi connectivity index (χ1v) is 8.28. The van der Waals surface area contributed by atoms with Gasteiger partial charge < -0.3 is 14.7 Å². The summed E-state index contributed by atoms with van der Waals surface area (Å²) in [6, 6.07) is 5.48. The topological polar surface area (TPSA) is 70.1 Å². The lowest BCUT2D eigenvalue weighted by Crippen LogP contribution is -2.44. The minimum atomic E-state index is -0.846. The normalized spacial score (nSPS) is 17.7. The molecule has 1 aliphatic rings. The number of aliphatic carboxylic acids is 1. The first-order chi connectivity index (χ1) is 11.4. The van der Waals surface area contributed by atoms with Crippen LogP contribution >= 0.6 is 0 Å². The Bertz CT molecular complexity index is 582. The van der Waals surface area contributed by atoms with Gasteiger partial charge in [0.2, 0.25) is 5.91 Å². The van der Waals surface area contributed by atoms with Gasteiger partial charge in [0.1, 0.15) is 18.4 Å². The second kappa shape index (κ2) is 8.15. The maximum absolute atomic E-state index is 12.3. The fraction of sp³-hybridized carbons (Fsp3) is 0.556. The van der Waals surface area contributed by atoms with Crippen LogP contribution < -0.4 is 4.74 Å². The molecule has 1 heterocycles. The number of nitrogens with zero attached hydrogens (tertiary/aromatic N) is 2. The third-order valence-electron chi connectivity index (χ3n) is 4.30. The summed E-state index contributed by atoms with van der Waals surface area (Å²) in [5, 5.41) is 9.16. The molecule has 132 valence electrons. The van der Waals surface area contributed by atoms with Crippen LogP contribution in [0.1, 0.15) is 24.0 Å². The van der Waals surface area contributed by atoms with Crippen LogP contribution in [0.4, 0.5) is 0 Å². The maximum Gasteiger partial charge on any atom is 0.320 e. The molecule has 6 heteroatoms. The van der Waals surface area contributed by atoms with Crippen molar-refractivity contribution in [1.29, 1.82) is 0 Å². The Morgan fingerprint density at radius 3 is 2.58 bits per heavy atom. The van der Waals surface area contributed by atoms with Gasteiger partial charge in [0.15, 0.2) is 0 Å². The van der Waals surface area contributed by atoms with E-state index in [9.17, 15) is 9.59 Å². The molecule has 1 amide bonds. The van der Waals surface area contributed by atoms with Gasteiger partial charge in [-0.1, -0.05) is 6.07 Å². The van der Waals surface area contributed by atoms with Crippen LogP contribution in [0.2, 0.25) is 0 Å². The van der Waals surface area contributed by atoms with Crippen molar-refractivity contribution in [2.75, 3.05) is 33.3 Å². The van der Waals surface area contributed by atoms with Crippen molar-refractivity contribution in [3.8, 4) is 5.75 Å². The number of hydrogen-bond donors (Lipinski definition) is 1. The fourth-order valence-corrected chi connectivity index (χ4v) is 3.03. The highest BCUT2D eigenvalue weighted by atomic mass is 16.5. The number of rotatable bonds is 7. The molecular weight excluding hydrogens is 308 g/mol. The Hall–Kier alpha value is -2.08. The molecule has 0 spiro atoms. The lowest BCUT2D eigenvalue weighted by atomic mass is 10.1. The number of aryl methyl sites for hydroxylation is 2. The average molecular weight is 334 g/mol. The molecule has 0 radical (unpaired) electrons. The third-order valence-corrected chi connectivity index (χ3v) is 4.30. The van der Waals surface area contributed by atoms with Crippen LogP contribution in [0.3, 0.4) is 0 Å². The Morgan fingerprint density at radius 1 is 1.29 bits per heavy atom. The molecule has 1 N–H and O–H groups in total. The van der Waals surface area contributed by atoms with E-state index in [1.807, 2.05) is 26.0 Å². The number of likely N-dealkylation sites (tertiary alicyclic amines) is 1. The van der Waals surface area contributed by atoms with E-state index in [2.05, 4.69) is 6.07 Å². The molecule has 24 heavy (non-hydrogen) atoms. The third kappa shape index (κ3) is 4.96. The largest absolute Gasteiger partial charge is 0.492 e. The molecule has 1 aliphatic heterocycles. The Kier molecular flexibility index (Phi) is 6.20. The number of carboxylic acid groups (broad SMARTS) is 1. The fourth-order valence-electron chi connectivity index (χ4n) is 3.03. The zero-order valence-electron chi connectivity index (χ0n) is 14.6. The molecule has 0 aliphatic carbocycles. The summed E-state index contributed by atoms with van der Waals surface area (Å²) in [6.45, 7) is 5.73. The summed E-state index contributed by atoms with van der Waals surface area (Å²) in [5.41, 5.74) is 2.28. The molecule has 2 rings (SSSR count). The summed E-state index contributed by atoms with van der Waals surface area (Å²) < 4.78 is 5.72. The van der Waals surface area contributed by atoms with Crippen molar-refractivity contribution in [3.05, 3.63) is 29.3 Å².